The molecule has 1 aliphatic heterocycles. The number of rotatable bonds is 7. The molecule has 8 nitrogen and oxygen atoms in total. The van der Waals surface area contributed by atoms with Crippen molar-refractivity contribution in [3.63, 3.8) is 0 Å². The first-order valence-electron chi connectivity index (χ1n) is 7.26. The fraction of sp³-hybridized carbons (Fsp3) is 0.375. The van der Waals surface area contributed by atoms with E-state index in [-0.39, 0.29) is 36.9 Å². The summed E-state index contributed by atoms with van der Waals surface area (Å²) in [7, 11) is 4.28. The van der Waals surface area contributed by atoms with Gasteiger partial charge in [-0.25, -0.2) is 4.79 Å². The molecule has 1 amide bonds. The molecule has 8 heteroatoms. The number of aliphatic hydroxyl groups excluding tert-OH is 1. The molecule has 0 fully saturated rings. The number of nitrogens with zero attached hydrogens (tertiary/aromatic N) is 1. The van der Waals surface area contributed by atoms with Gasteiger partial charge < -0.3 is 29.5 Å². The van der Waals surface area contributed by atoms with Crippen molar-refractivity contribution < 1.29 is 28.9 Å². The van der Waals surface area contributed by atoms with E-state index in [2.05, 4.69) is 5.32 Å². The number of ether oxygens (including phenoxy) is 3. The lowest BCUT2D eigenvalue weighted by atomic mass is 10.2. The minimum absolute atomic E-state index is 0.0850. The Morgan fingerprint density at radius 1 is 1.25 bits per heavy atom. The molecule has 0 spiro atoms. The number of carbonyl (C=O) groups excluding carboxylic acids is 2. The second-order valence-corrected chi connectivity index (χ2v) is 4.99. The molecule has 0 saturated heterocycles. The van der Waals surface area contributed by atoms with Gasteiger partial charge in [0, 0.05) is 18.3 Å². The Balaban J connectivity index is 2.33. The highest BCUT2D eigenvalue weighted by atomic mass is 16.5. The number of hydrogen-bond donors (Lipinski definition) is 2. The summed E-state index contributed by atoms with van der Waals surface area (Å²) in [6.07, 6.45) is 0. The van der Waals surface area contributed by atoms with Gasteiger partial charge in [-0.1, -0.05) is 0 Å². The van der Waals surface area contributed by atoms with Gasteiger partial charge in [-0.05, 0) is 12.1 Å². The second-order valence-electron chi connectivity index (χ2n) is 4.99. The summed E-state index contributed by atoms with van der Waals surface area (Å²) in [5, 5.41) is 12.0. The van der Waals surface area contributed by atoms with Gasteiger partial charge in [-0.2, -0.15) is 0 Å². The van der Waals surface area contributed by atoms with Crippen LogP contribution >= 0.6 is 0 Å². The quantitative estimate of drug-likeness (QED) is 0.695. The maximum atomic E-state index is 12.4. The van der Waals surface area contributed by atoms with Gasteiger partial charge >= 0.3 is 5.97 Å². The zero-order valence-corrected chi connectivity index (χ0v) is 13.8. The minimum atomic E-state index is -0.591. The molecule has 130 valence electrons. The van der Waals surface area contributed by atoms with E-state index in [1.165, 1.54) is 26.2 Å². The SMILES string of the molecule is COC(=O)C1=C(Nc2ccc(OC)c(OC)c2)C(=O)N(CCO)C1. The number of hydrogen-bond acceptors (Lipinski definition) is 7. The third kappa shape index (κ3) is 3.43. The highest BCUT2D eigenvalue weighted by Gasteiger charge is 2.34. The number of nitrogens with one attached hydrogen (secondary N) is 1. The average Bonchev–Trinajstić information content (AvgIpc) is 2.91. The van der Waals surface area contributed by atoms with E-state index in [4.69, 9.17) is 19.3 Å². The van der Waals surface area contributed by atoms with Gasteiger partial charge in [-0.15, -0.1) is 0 Å². The summed E-state index contributed by atoms with van der Waals surface area (Å²) < 4.78 is 15.1. The molecular formula is C16H20N2O6. The molecule has 1 heterocycles. The summed E-state index contributed by atoms with van der Waals surface area (Å²) in [6, 6.07) is 5.04. The molecule has 1 aromatic carbocycles. The molecule has 1 aliphatic rings. The highest BCUT2D eigenvalue weighted by Crippen LogP contribution is 2.31. The lowest BCUT2D eigenvalue weighted by Crippen LogP contribution is -2.31. The summed E-state index contributed by atoms with van der Waals surface area (Å²) in [5.41, 5.74) is 0.900. The van der Waals surface area contributed by atoms with Crippen molar-refractivity contribution in [2.45, 2.75) is 0 Å². The zero-order valence-electron chi connectivity index (χ0n) is 13.8. The third-order valence-corrected chi connectivity index (χ3v) is 3.61. The maximum absolute atomic E-state index is 12.4. The van der Waals surface area contributed by atoms with E-state index in [0.29, 0.717) is 17.2 Å². The van der Waals surface area contributed by atoms with Crippen molar-refractivity contribution in [3.05, 3.63) is 29.5 Å². The van der Waals surface area contributed by atoms with Crippen molar-refractivity contribution in [2.75, 3.05) is 46.3 Å². The van der Waals surface area contributed by atoms with Crippen molar-refractivity contribution in [3.8, 4) is 11.5 Å². The van der Waals surface area contributed by atoms with Crippen LogP contribution in [0.4, 0.5) is 5.69 Å². The molecule has 0 radical (unpaired) electrons. The summed E-state index contributed by atoms with van der Waals surface area (Å²) >= 11 is 0. The lowest BCUT2D eigenvalue weighted by molar-refractivity contribution is -0.136. The highest BCUT2D eigenvalue weighted by molar-refractivity contribution is 6.08. The summed E-state index contributed by atoms with van der Waals surface area (Å²) in [5.74, 6) is 0.0660. The molecule has 0 bridgehead atoms. The van der Waals surface area contributed by atoms with Crippen LogP contribution in [0.15, 0.2) is 29.5 Å². The van der Waals surface area contributed by atoms with Gasteiger partial charge in [0.1, 0.15) is 5.70 Å². The molecule has 0 aromatic heterocycles. The number of β-amino-alcohol motifs (C(OH)–C–C–N with tert-alkyl or cyclic N) is 1. The van der Waals surface area contributed by atoms with Crippen LogP contribution in [0.3, 0.4) is 0 Å². The van der Waals surface area contributed by atoms with E-state index in [9.17, 15) is 9.59 Å². The monoisotopic (exact) mass is 336 g/mol. The number of methoxy groups -OCH3 is 3. The average molecular weight is 336 g/mol. The summed E-state index contributed by atoms with van der Waals surface area (Å²) in [6.45, 7) is 0.0297. The standard InChI is InChI=1S/C16H20N2O6/c1-22-12-5-4-10(8-13(12)23-2)17-14-11(16(21)24-3)9-18(6-7-19)15(14)20/h4-5,8,17,19H,6-7,9H2,1-3H3. The molecule has 0 saturated carbocycles. The molecule has 0 atom stereocenters. The largest absolute Gasteiger partial charge is 0.493 e. The topological polar surface area (TPSA) is 97.3 Å². The predicted octanol–water partition coefficient (Wildman–Crippen LogP) is 0.377. The Bertz CT molecular complexity index is 671. The molecule has 24 heavy (non-hydrogen) atoms. The van der Waals surface area contributed by atoms with E-state index in [0.717, 1.165) is 0 Å². The van der Waals surface area contributed by atoms with Gasteiger partial charge in [0.05, 0.1) is 40.1 Å². The van der Waals surface area contributed by atoms with Crippen molar-refractivity contribution in [1.82, 2.24) is 4.90 Å². The number of amides is 1. The van der Waals surface area contributed by atoms with Crippen LogP contribution in [0, 0.1) is 0 Å². The van der Waals surface area contributed by atoms with E-state index < -0.39 is 5.97 Å². The second kappa shape index (κ2) is 7.69. The number of carbonyl (C=O) groups is 2. The Hall–Kier alpha value is -2.74. The Labute approximate surface area is 139 Å². The molecule has 2 rings (SSSR count). The molecular weight excluding hydrogens is 316 g/mol. The van der Waals surface area contributed by atoms with Gasteiger partial charge in [-0.3, -0.25) is 4.79 Å². The Kier molecular flexibility index (Phi) is 5.64. The molecule has 0 aliphatic carbocycles. The smallest absolute Gasteiger partial charge is 0.337 e. The van der Waals surface area contributed by atoms with Crippen LogP contribution in [0.2, 0.25) is 0 Å². The van der Waals surface area contributed by atoms with E-state index in [1.807, 2.05) is 0 Å². The van der Waals surface area contributed by atoms with Crippen LogP contribution < -0.4 is 14.8 Å². The van der Waals surface area contributed by atoms with Crippen LogP contribution in [-0.2, 0) is 14.3 Å². The zero-order chi connectivity index (χ0) is 17.7. The van der Waals surface area contributed by atoms with E-state index in [1.54, 1.807) is 18.2 Å². The van der Waals surface area contributed by atoms with E-state index >= 15 is 0 Å². The van der Waals surface area contributed by atoms with Crippen LogP contribution in [0.25, 0.3) is 0 Å². The molecule has 0 unspecified atom stereocenters. The third-order valence-electron chi connectivity index (χ3n) is 3.61. The van der Waals surface area contributed by atoms with Crippen LogP contribution in [-0.4, -0.2) is 62.9 Å². The Morgan fingerprint density at radius 2 is 1.96 bits per heavy atom. The molecule has 1 aromatic rings. The number of benzene rings is 1. The fourth-order valence-electron chi connectivity index (χ4n) is 2.41. The first-order chi connectivity index (χ1) is 11.5. The first kappa shape index (κ1) is 17.6. The first-order valence-corrected chi connectivity index (χ1v) is 7.26. The molecule has 2 N–H and O–H groups in total. The van der Waals surface area contributed by atoms with Crippen LogP contribution in [0.5, 0.6) is 11.5 Å². The number of aliphatic hydroxyl groups is 1. The Morgan fingerprint density at radius 3 is 2.54 bits per heavy atom. The lowest BCUT2D eigenvalue weighted by Gasteiger charge is -2.15. The number of esters is 1. The normalized spacial score (nSPS) is 14.0. The minimum Gasteiger partial charge on any atom is -0.493 e. The van der Waals surface area contributed by atoms with Crippen molar-refractivity contribution in [1.29, 1.82) is 0 Å². The number of anilines is 1. The van der Waals surface area contributed by atoms with Gasteiger partial charge in [0.2, 0.25) is 0 Å². The van der Waals surface area contributed by atoms with Gasteiger partial charge in [0.15, 0.2) is 11.5 Å². The van der Waals surface area contributed by atoms with Crippen molar-refractivity contribution in [2.24, 2.45) is 0 Å². The maximum Gasteiger partial charge on any atom is 0.337 e. The van der Waals surface area contributed by atoms with Gasteiger partial charge in [0.25, 0.3) is 5.91 Å². The van der Waals surface area contributed by atoms with Crippen molar-refractivity contribution >= 4 is 17.6 Å². The predicted molar refractivity (Wildman–Crippen MR) is 85.9 cm³/mol. The fourth-order valence-corrected chi connectivity index (χ4v) is 2.41. The summed E-state index contributed by atoms with van der Waals surface area (Å²) in [4.78, 5) is 25.7. The van der Waals surface area contributed by atoms with Crippen LogP contribution in [0.1, 0.15) is 0 Å².